The second-order valence-corrected chi connectivity index (χ2v) is 7.60. The van der Waals surface area contributed by atoms with Gasteiger partial charge in [0.1, 0.15) is 24.1 Å². The number of phenolic OH excluding ortho intramolecular Hbond substituents is 1. The van der Waals surface area contributed by atoms with Crippen LogP contribution in [0, 0.1) is 0 Å². The molecule has 5 atom stereocenters. The van der Waals surface area contributed by atoms with E-state index in [0.717, 1.165) is 6.92 Å². The Bertz CT molecular complexity index is 1100. The fourth-order valence-electron chi connectivity index (χ4n) is 4.55. The van der Waals surface area contributed by atoms with Gasteiger partial charge < -0.3 is 35.8 Å². The van der Waals surface area contributed by atoms with Gasteiger partial charge in [0, 0.05) is 23.6 Å². The number of ether oxygens (including phenoxy) is 1. The molecule has 0 saturated heterocycles. The van der Waals surface area contributed by atoms with Crippen LogP contribution >= 0.6 is 0 Å². The molecule has 0 spiro atoms. The van der Waals surface area contributed by atoms with Crippen molar-refractivity contribution in [3.63, 3.8) is 0 Å². The van der Waals surface area contributed by atoms with Gasteiger partial charge >= 0.3 is 5.97 Å². The van der Waals surface area contributed by atoms with E-state index in [-0.39, 0.29) is 33.4 Å². The Balaban J connectivity index is 1.96. The van der Waals surface area contributed by atoms with E-state index >= 15 is 0 Å². The molecule has 1 aromatic carbocycles. The summed E-state index contributed by atoms with van der Waals surface area (Å²) >= 11 is 0. The zero-order valence-corrected chi connectivity index (χ0v) is 15.9. The van der Waals surface area contributed by atoms with E-state index in [4.69, 9.17) is 4.74 Å². The minimum atomic E-state index is -2.04. The molecule has 30 heavy (non-hydrogen) atoms. The molecule has 0 aromatic heterocycles. The standard InChI is InChI=1S/C20H17N2O8/c1-6(23)30-20(2)18(28)13-11(17(27)19(20)29)10-12(14(13)22-21)16(26)9-7(15(10)25)4-3-5-8(9)24/h3-5,14,17-19,24,27-29H,1-2H3/q-1/t14?,17-,18+,19+,20-/m1/s1. The van der Waals surface area contributed by atoms with Gasteiger partial charge in [0.2, 0.25) is 0 Å². The maximum absolute atomic E-state index is 13.2. The number of rotatable bonds is 2. The summed E-state index contributed by atoms with van der Waals surface area (Å²) in [4.78, 5) is 37.8. The van der Waals surface area contributed by atoms with Crippen molar-refractivity contribution in [2.45, 2.75) is 43.8 Å². The smallest absolute Gasteiger partial charge is 0.303 e. The third-order valence-corrected chi connectivity index (χ3v) is 5.90. The average molecular weight is 413 g/mol. The van der Waals surface area contributed by atoms with Gasteiger partial charge in [-0.25, -0.2) is 0 Å². The summed E-state index contributed by atoms with van der Waals surface area (Å²) < 4.78 is 5.08. The highest BCUT2D eigenvalue weighted by atomic mass is 16.6. The largest absolute Gasteiger partial charge is 0.711 e. The van der Waals surface area contributed by atoms with Gasteiger partial charge in [0.25, 0.3) is 0 Å². The van der Waals surface area contributed by atoms with Gasteiger partial charge in [-0.1, -0.05) is 12.1 Å². The molecular formula is C20H17N2O8-. The van der Waals surface area contributed by atoms with Crippen LogP contribution in [-0.4, -0.2) is 67.9 Å². The van der Waals surface area contributed by atoms with Crippen molar-refractivity contribution in [3.8, 4) is 5.75 Å². The van der Waals surface area contributed by atoms with Gasteiger partial charge in [0.15, 0.2) is 17.2 Å². The first-order valence-electron chi connectivity index (χ1n) is 9.04. The maximum Gasteiger partial charge on any atom is 0.303 e. The molecular weight excluding hydrogens is 396 g/mol. The predicted molar refractivity (Wildman–Crippen MR) is 98.6 cm³/mol. The highest BCUT2D eigenvalue weighted by Gasteiger charge is 2.60. The fraction of sp³-hybridized carbons (Fsp3) is 0.350. The normalized spacial score (nSPS) is 32.6. The van der Waals surface area contributed by atoms with Crippen LogP contribution in [0.5, 0.6) is 5.75 Å². The molecule has 4 rings (SSSR count). The number of aromatic hydroxyl groups is 1. The van der Waals surface area contributed by atoms with Gasteiger partial charge in [-0.3, -0.25) is 14.4 Å². The molecule has 0 saturated carbocycles. The molecule has 1 aromatic rings. The Morgan fingerprint density at radius 3 is 2.43 bits per heavy atom. The number of aliphatic hydroxyl groups is 3. The number of fused-ring (bicyclic) bond motifs is 2. The first-order chi connectivity index (χ1) is 14.1. The van der Waals surface area contributed by atoms with Gasteiger partial charge in [-0.2, -0.15) is 0 Å². The SMILES string of the molecule is CC(=O)O[C@]1(C)[C@@H](O)C2=C(C3=C(C(=O)c4c(O)cccc4C3=O)C2N=[N-])[C@@H](O)[C@@H]1O. The van der Waals surface area contributed by atoms with E-state index in [9.17, 15) is 40.3 Å². The van der Waals surface area contributed by atoms with Crippen LogP contribution in [-0.2, 0) is 9.53 Å². The molecule has 0 amide bonds. The monoisotopic (exact) mass is 413 g/mol. The molecule has 3 aliphatic rings. The summed E-state index contributed by atoms with van der Waals surface area (Å²) in [6.07, 6.45) is -5.49. The number of hydrogen-bond donors (Lipinski definition) is 4. The lowest BCUT2D eigenvalue weighted by molar-refractivity contribution is -0.199. The number of aliphatic hydroxyl groups excluding tert-OH is 3. The van der Waals surface area contributed by atoms with E-state index < -0.39 is 53.2 Å². The Labute approximate surface area is 169 Å². The first-order valence-corrected chi connectivity index (χ1v) is 9.04. The van der Waals surface area contributed by atoms with Crippen LogP contribution < -0.4 is 0 Å². The Hall–Kier alpha value is -3.21. The number of carbonyl (C=O) groups excluding carboxylic acids is 3. The Morgan fingerprint density at radius 1 is 1.17 bits per heavy atom. The molecule has 10 heteroatoms. The molecule has 0 heterocycles. The van der Waals surface area contributed by atoms with E-state index in [0.29, 0.717) is 0 Å². The lowest BCUT2D eigenvalue weighted by Gasteiger charge is -2.45. The lowest BCUT2D eigenvalue weighted by atomic mass is 9.73. The van der Waals surface area contributed by atoms with Crippen LogP contribution in [0.2, 0.25) is 0 Å². The minimum absolute atomic E-state index is 0.131. The molecule has 3 aliphatic carbocycles. The average Bonchev–Trinajstić information content (AvgIpc) is 3.04. The predicted octanol–water partition coefficient (Wildman–Crippen LogP) is 0.186. The zero-order chi connectivity index (χ0) is 22.1. The quantitative estimate of drug-likeness (QED) is 0.392. The number of ketones is 2. The molecule has 4 N–H and O–H groups in total. The minimum Gasteiger partial charge on any atom is -0.711 e. The second kappa shape index (κ2) is 6.39. The first kappa shape index (κ1) is 20.1. The summed E-state index contributed by atoms with van der Waals surface area (Å²) in [5, 5.41) is 45.6. The molecule has 0 bridgehead atoms. The van der Waals surface area contributed by atoms with Crippen molar-refractivity contribution < 1.29 is 39.5 Å². The zero-order valence-electron chi connectivity index (χ0n) is 15.9. The number of hydrogen-bond acceptors (Lipinski definition) is 9. The third kappa shape index (κ3) is 2.32. The van der Waals surface area contributed by atoms with Crippen molar-refractivity contribution in [2.24, 2.45) is 5.11 Å². The summed E-state index contributed by atoms with van der Waals surface area (Å²) in [6, 6.07) is 2.33. The summed E-state index contributed by atoms with van der Waals surface area (Å²) in [5.74, 6) is -2.88. The van der Waals surface area contributed by atoms with Crippen LogP contribution in [0.3, 0.4) is 0 Å². The van der Waals surface area contributed by atoms with Crippen molar-refractivity contribution in [3.05, 3.63) is 57.1 Å². The number of phenols is 1. The highest BCUT2D eigenvalue weighted by Crippen LogP contribution is 2.51. The van der Waals surface area contributed by atoms with Crippen molar-refractivity contribution in [1.82, 2.24) is 0 Å². The number of esters is 1. The Morgan fingerprint density at radius 2 is 1.83 bits per heavy atom. The fourth-order valence-corrected chi connectivity index (χ4v) is 4.55. The van der Waals surface area contributed by atoms with Gasteiger partial charge in [-0.15, -0.1) is 0 Å². The van der Waals surface area contributed by atoms with Gasteiger partial charge in [-0.05, 0) is 24.1 Å². The van der Waals surface area contributed by atoms with Gasteiger partial charge in [0.05, 0.1) is 11.6 Å². The van der Waals surface area contributed by atoms with E-state index in [1.807, 2.05) is 0 Å². The molecule has 0 fully saturated rings. The van der Waals surface area contributed by atoms with Crippen molar-refractivity contribution in [1.29, 1.82) is 0 Å². The molecule has 0 radical (unpaired) electrons. The van der Waals surface area contributed by atoms with E-state index in [1.165, 1.54) is 25.1 Å². The van der Waals surface area contributed by atoms with E-state index in [2.05, 4.69) is 5.11 Å². The number of carbonyl (C=O) groups is 3. The van der Waals surface area contributed by atoms with Crippen LogP contribution in [0.1, 0.15) is 34.6 Å². The molecule has 156 valence electrons. The maximum atomic E-state index is 13.2. The van der Waals surface area contributed by atoms with E-state index in [1.54, 1.807) is 0 Å². The highest BCUT2D eigenvalue weighted by molar-refractivity contribution is 6.31. The van der Waals surface area contributed by atoms with Crippen molar-refractivity contribution in [2.75, 3.05) is 0 Å². The number of benzene rings is 1. The number of Topliss-reactive ketones (excluding diaryl/α,β-unsaturated/α-hetero) is 2. The van der Waals surface area contributed by atoms with Crippen molar-refractivity contribution >= 4 is 17.5 Å². The van der Waals surface area contributed by atoms with Crippen LogP contribution in [0.15, 0.2) is 45.6 Å². The summed E-state index contributed by atoms with van der Waals surface area (Å²) in [7, 11) is 0. The second-order valence-electron chi connectivity index (χ2n) is 7.60. The summed E-state index contributed by atoms with van der Waals surface area (Å²) in [6.45, 7) is 2.21. The van der Waals surface area contributed by atoms with Crippen LogP contribution in [0.4, 0.5) is 0 Å². The number of nitrogens with zero attached hydrogens (tertiary/aromatic N) is 2. The summed E-state index contributed by atoms with van der Waals surface area (Å²) in [5.41, 5.74) is 6.04. The van der Waals surface area contributed by atoms with Crippen LogP contribution in [0.25, 0.3) is 5.53 Å². The molecule has 0 aliphatic heterocycles. The molecule has 10 nitrogen and oxygen atoms in total. The topological polar surface area (TPSA) is 176 Å². The third-order valence-electron chi connectivity index (χ3n) is 5.90. The Kier molecular flexibility index (Phi) is 4.28. The lowest BCUT2D eigenvalue weighted by Crippen LogP contribution is -2.62. The molecule has 1 unspecified atom stereocenters.